The van der Waals surface area contributed by atoms with Crippen molar-refractivity contribution in [1.82, 2.24) is 9.97 Å². The zero-order valence-electron chi connectivity index (χ0n) is 13.3. The van der Waals surface area contributed by atoms with Gasteiger partial charge in [0.1, 0.15) is 12.4 Å². The summed E-state index contributed by atoms with van der Waals surface area (Å²) in [7, 11) is 0. The average molecular weight is 312 g/mol. The summed E-state index contributed by atoms with van der Waals surface area (Å²) in [4.78, 5) is 22.3. The van der Waals surface area contributed by atoms with E-state index < -0.39 is 0 Å². The Morgan fingerprint density at radius 2 is 2.09 bits per heavy atom. The summed E-state index contributed by atoms with van der Waals surface area (Å²) in [5.74, 6) is 1.35. The average Bonchev–Trinajstić information content (AvgIpc) is 2.96. The molecule has 0 saturated carbocycles. The van der Waals surface area contributed by atoms with Crippen LogP contribution in [0.15, 0.2) is 42.6 Å². The predicted molar refractivity (Wildman–Crippen MR) is 88.3 cm³/mol. The first-order valence-electron chi connectivity index (χ1n) is 7.72. The van der Waals surface area contributed by atoms with Gasteiger partial charge < -0.3 is 10.1 Å². The molecule has 0 radical (unpaired) electrons. The number of nitrogens with one attached hydrogen (secondary N) is 1. The normalized spacial score (nSPS) is 17.4. The molecule has 0 unspecified atom stereocenters. The number of hydrogen-bond acceptors (Lipinski definition) is 5. The Morgan fingerprint density at radius 3 is 2.83 bits per heavy atom. The second-order valence-electron chi connectivity index (χ2n) is 5.84. The lowest BCUT2D eigenvalue weighted by atomic mass is 10.0. The molecule has 2 heterocycles. The maximum absolute atomic E-state index is 12.0. The molecule has 1 saturated heterocycles. The third-order valence-electron chi connectivity index (χ3n) is 3.86. The smallest absolute Gasteiger partial charge is 0.415 e. The maximum Gasteiger partial charge on any atom is 0.415 e. The van der Waals surface area contributed by atoms with Crippen LogP contribution in [0.25, 0.3) is 0 Å². The summed E-state index contributed by atoms with van der Waals surface area (Å²) >= 11 is 0. The number of amides is 1. The number of hydrogen-bond donors (Lipinski definition) is 1. The van der Waals surface area contributed by atoms with Gasteiger partial charge in [-0.25, -0.2) is 9.78 Å². The zero-order chi connectivity index (χ0) is 16.2. The minimum atomic E-state index is -0.351. The number of ether oxygens (including phenoxy) is 1. The number of carbonyl (C=O) groups excluding carboxylic acids is 1. The Balaban J connectivity index is 1.75. The molecule has 6 nitrogen and oxygen atoms in total. The first-order valence-corrected chi connectivity index (χ1v) is 7.72. The molecule has 0 aliphatic carbocycles. The lowest BCUT2D eigenvalue weighted by Gasteiger charge is -2.23. The van der Waals surface area contributed by atoms with Crippen LogP contribution in [-0.4, -0.2) is 28.7 Å². The van der Waals surface area contributed by atoms with E-state index in [4.69, 9.17) is 4.74 Å². The van der Waals surface area contributed by atoms with Gasteiger partial charge in [0.05, 0.1) is 6.04 Å². The molecule has 1 aliphatic rings. The number of rotatable bonds is 5. The van der Waals surface area contributed by atoms with Crippen molar-refractivity contribution in [2.45, 2.75) is 26.4 Å². The minimum Gasteiger partial charge on any atom is -0.447 e. The molecule has 1 atom stereocenters. The van der Waals surface area contributed by atoms with Crippen LogP contribution in [-0.2, 0) is 11.3 Å². The van der Waals surface area contributed by atoms with Crippen LogP contribution in [0.5, 0.6) is 0 Å². The number of anilines is 2. The fourth-order valence-electron chi connectivity index (χ4n) is 2.54. The van der Waals surface area contributed by atoms with Crippen molar-refractivity contribution in [2.75, 3.05) is 16.8 Å². The molecule has 1 amide bonds. The molecule has 6 heteroatoms. The molecule has 2 aromatic rings. The van der Waals surface area contributed by atoms with Crippen LogP contribution in [0.3, 0.4) is 0 Å². The van der Waals surface area contributed by atoms with Crippen LogP contribution in [0.1, 0.15) is 19.4 Å². The van der Waals surface area contributed by atoms with Crippen molar-refractivity contribution >= 4 is 17.9 Å². The van der Waals surface area contributed by atoms with Crippen LogP contribution < -0.4 is 10.2 Å². The van der Waals surface area contributed by atoms with Gasteiger partial charge in [0.2, 0.25) is 5.95 Å². The predicted octanol–water partition coefficient (Wildman–Crippen LogP) is 3.07. The van der Waals surface area contributed by atoms with Gasteiger partial charge >= 0.3 is 6.09 Å². The van der Waals surface area contributed by atoms with Crippen LogP contribution in [0.2, 0.25) is 0 Å². The van der Waals surface area contributed by atoms with Crippen LogP contribution in [0.4, 0.5) is 16.6 Å². The molecule has 3 rings (SSSR count). The van der Waals surface area contributed by atoms with E-state index in [9.17, 15) is 4.79 Å². The van der Waals surface area contributed by atoms with Crippen molar-refractivity contribution in [2.24, 2.45) is 5.92 Å². The highest BCUT2D eigenvalue weighted by atomic mass is 16.6. The van der Waals surface area contributed by atoms with Crippen molar-refractivity contribution < 1.29 is 9.53 Å². The number of aromatic nitrogens is 2. The zero-order valence-corrected chi connectivity index (χ0v) is 13.3. The van der Waals surface area contributed by atoms with Gasteiger partial charge in [0, 0.05) is 12.7 Å². The first-order chi connectivity index (χ1) is 11.1. The fourth-order valence-corrected chi connectivity index (χ4v) is 2.54. The Labute approximate surface area is 135 Å². The van der Waals surface area contributed by atoms with E-state index in [-0.39, 0.29) is 18.1 Å². The Hall–Kier alpha value is -2.63. The summed E-state index contributed by atoms with van der Waals surface area (Å²) in [6.07, 6.45) is 1.30. The quantitative estimate of drug-likeness (QED) is 0.919. The number of benzene rings is 1. The molecule has 1 aliphatic heterocycles. The lowest BCUT2D eigenvalue weighted by Crippen LogP contribution is -2.37. The standard InChI is InChI=1S/C17H20N4O2/c1-12(2)14-11-23-17(22)21(14)15-8-9-18-16(20-15)19-10-13-6-4-3-5-7-13/h3-9,12,14H,10-11H2,1-2H3,(H,18,19,20)/t14-/m1/s1. The van der Waals surface area contributed by atoms with E-state index in [0.29, 0.717) is 24.9 Å². The second-order valence-corrected chi connectivity index (χ2v) is 5.84. The fraction of sp³-hybridized carbons (Fsp3) is 0.353. The Bertz CT molecular complexity index is 675. The second kappa shape index (κ2) is 6.64. The number of carbonyl (C=O) groups is 1. The van der Waals surface area contributed by atoms with Crippen molar-refractivity contribution in [3.05, 3.63) is 48.2 Å². The van der Waals surface area contributed by atoms with Gasteiger partial charge in [-0.1, -0.05) is 44.2 Å². The van der Waals surface area contributed by atoms with Gasteiger partial charge in [-0.2, -0.15) is 4.98 Å². The molecule has 0 bridgehead atoms. The lowest BCUT2D eigenvalue weighted by molar-refractivity contribution is 0.177. The number of cyclic esters (lactones) is 1. The summed E-state index contributed by atoms with van der Waals surface area (Å²) in [5, 5.41) is 3.18. The highest BCUT2D eigenvalue weighted by Crippen LogP contribution is 2.25. The topological polar surface area (TPSA) is 67.3 Å². The highest BCUT2D eigenvalue weighted by Gasteiger charge is 2.37. The van der Waals surface area contributed by atoms with E-state index in [1.807, 2.05) is 30.3 Å². The molecule has 1 fully saturated rings. The minimum absolute atomic E-state index is 0.000580. The molecular weight excluding hydrogens is 292 g/mol. The molecule has 1 aromatic carbocycles. The summed E-state index contributed by atoms with van der Waals surface area (Å²) in [5.41, 5.74) is 1.14. The number of nitrogens with zero attached hydrogens (tertiary/aromatic N) is 3. The Morgan fingerprint density at radius 1 is 1.30 bits per heavy atom. The van der Waals surface area contributed by atoms with Gasteiger partial charge in [0.15, 0.2) is 0 Å². The van der Waals surface area contributed by atoms with Gasteiger partial charge in [-0.05, 0) is 17.5 Å². The van der Waals surface area contributed by atoms with Crippen LogP contribution >= 0.6 is 0 Å². The maximum atomic E-state index is 12.0. The molecular formula is C17H20N4O2. The summed E-state index contributed by atoms with van der Waals surface area (Å²) in [6.45, 7) is 5.15. The van der Waals surface area contributed by atoms with Gasteiger partial charge in [0.25, 0.3) is 0 Å². The first kappa shape index (κ1) is 15.3. The molecule has 1 N–H and O–H groups in total. The Kier molecular flexibility index (Phi) is 4.41. The van der Waals surface area contributed by atoms with Gasteiger partial charge in [-0.15, -0.1) is 0 Å². The SMILES string of the molecule is CC(C)[C@H]1COC(=O)N1c1ccnc(NCc2ccccc2)n1. The third kappa shape index (κ3) is 3.41. The van der Waals surface area contributed by atoms with E-state index in [2.05, 4.69) is 29.1 Å². The molecule has 23 heavy (non-hydrogen) atoms. The van der Waals surface area contributed by atoms with Crippen molar-refractivity contribution in [3.63, 3.8) is 0 Å². The van der Waals surface area contributed by atoms with Crippen molar-refractivity contribution in [1.29, 1.82) is 0 Å². The van der Waals surface area contributed by atoms with E-state index in [1.165, 1.54) is 0 Å². The summed E-state index contributed by atoms with van der Waals surface area (Å²) in [6, 6.07) is 11.7. The molecule has 120 valence electrons. The van der Waals surface area contributed by atoms with Gasteiger partial charge in [-0.3, -0.25) is 4.90 Å². The van der Waals surface area contributed by atoms with Crippen LogP contribution in [0, 0.1) is 5.92 Å². The molecule has 0 spiro atoms. The van der Waals surface area contributed by atoms with E-state index in [1.54, 1.807) is 17.2 Å². The van der Waals surface area contributed by atoms with E-state index in [0.717, 1.165) is 5.56 Å². The monoisotopic (exact) mass is 312 g/mol. The summed E-state index contributed by atoms with van der Waals surface area (Å²) < 4.78 is 5.17. The van der Waals surface area contributed by atoms with E-state index >= 15 is 0 Å². The van der Waals surface area contributed by atoms with Crippen molar-refractivity contribution in [3.8, 4) is 0 Å². The molecule has 1 aromatic heterocycles. The highest BCUT2D eigenvalue weighted by molar-refractivity contribution is 5.89. The largest absolute Gasteiger partial charge is 0.447 e. The third-order valence-corrected chi connectivity index (χ3v) is 3.86.